The first-order valence-electron chi connectivity index (χ1n) is 18.1. The number of carboxylic acids is 1. The van der Waals surface area contributed by atoms with Gasteiger partial charge in [0.15, 0.2) is 0 Å². The summed E-state index contributed by atoms with van der Waals surface area (Å²) in [5, 5.41) is 81.3. The van der Waals surface area contributed by atoms with Crippen molar-refractivity contribution in [3.63, 3.8) is 0 Å². The Hall–Kier alpha value is -4.35. The molecule has 0 fully saturated rings. The van der Waals surface area contributed by atoms with Crippen LogP contribution in [0.15, 0.2) is 60.8 Å². The predicted octanol–water partition coefficient (Wildman–Crippen LogP) is -0.986. The fourth-order valence-corrected chi connectivity index (χ4v) is 3.43. The highest BCUT2D eigenvalue weighted by Gasteiger charge is 2.40. The van der Waals surface area contributed by atoms with Crippen LogP contribution in [0, 0.1) is 21.7 Å². The number of carbonyl (C=O) groups excluding carboxylic acids is 4. The first-order chi connectivity index (χ1) is 27.9. The van der Waals surface area contributed by atoms with E-state index in [4.69, 9.17) is 54.0 Å². The van der Waals surface area contributed by atoms with E-state index in [0.717, 1.165) is 0 Å². The third-order valence-corrected chi connectivity index (χ3v) is 8.11. The monoisotopic (exact) mass is 866 g/mol. The van der Waals surface area contributed by atoms with Gasteiger partial charge in [0.05, 0.1) is 101 Å². The van der Waals surface area contributed by atoms with E-state index in [9.17, 15) is 44.4 Å². The SMILES string of the molecule is C=C(C)C(=O)O.C=C(C)C(=O)OCC(CO)(COCC(COCC(CO)(CO)CO)(COC(=O)C(=C)C)COC(=O)C(=C)C)COC(=O)C(=C)C.OCC(CO)(CO)CO. The molecule has 0 aromatic carbocycles. The maximum Gasteiger partial charge on any atom is 0.333 e. The molecule has 0 spiro atoms. The van der Waals surface area contributed by atoms with Gasteiger partial charge >= 0.3 is 29.8 Å². The quantitative estimate of drug-likeness (QED) is 0.0248. The normalized spacial score (nSPS) is 11.3. The fourth-order valence-electron chi connectivity index (χ4n) is 3.43. The molecule has 0 aromatic heterocycles. The molecule has 346 valence electrons. The van der Waals surface area contributed by atoms with Crippen molar-refractivity contribution in [2.75, 3.05) is 106 Å². The summed E-state index contributed by atoms with van der Waals surface area (Å²) in [7, 11) is 0. The van der Waals surface area contributed by atoms with E-state index in [1.165, 1.54) is 34.6 Å². The summed E-state index contributed by atoms with van der Waals surface area (Å²) in [6, 6.07) is 0. The number of esters is 4. The van der Waals surface area contributed by atoms with E-state index in [0.29, 0.717) is 0 Å². The molecule has 0 aromatic rings. The molecule has 0 aliphatic carbocycles. The summed E-state index contributed by atoms with van der Waals surface area (Å²) >= 11 is 0. The van der Waals surface area contributed by atoms with Crippen molar-refractivity contribution in [3.05, 3.63) is 60.8 Å². The number of carboxylic acid groups (broad SMARTS) is 1. The van der Waals surface area contributed by atoms with Crippen molar-refractivity contribution >= 4 is 29.8 Å². The zero-order valence-electron chi connectivity index (χ0n) is 35.4. The Labute approximate surface area is 350 Å². The molecule has 0 atom stereocenters. The predicted molar refractivity (Wildman–Crippen MR) is 214 cm³/mol. The number of aliphatic carboxylic acids is 1. The van der Waals surface area contributed by atoms with E-state index in [2.05, 4.69) is 32.9 Å². The van der Waals surface area contributed by atoms with Gasteiger partial charge < -0.3 is 74.4 Å². The molecule has 0 heterocycles. The van der Waals surface area contributed by atoms with Crippen LogP contribution < -0.4 is 0 Å². The second-order valence-corrected chi connectivity index (χ2v) is 14.8. The third kappa shape index (κ3) is 23.4. The first-order valence-corrected chi connectivity index (χ1v) is 18.1. The number of aliphatic hydroxyl groups is 8. The molecular weight excluding hydrogens is 800 g/mol. The van der Waals surface area contributed by atoms with Crippen LogP contribution in [0.2, 0.25) is 0 Å². The highest BCUT2D eigenvalue weighted by molar-refractivity contribution is 5.88. The van der Waals surface area contributed by atoms with Gasteiger partial charge in [-0.15, -0.1) is 0 Å². The fraction of sp³-hybridized carbons (Fsp3) is 0.625. The van der Waals surface area contributed by atoms with Crippen molar-refractivity contribution in [3.8, 4) is 0 Å². The van der Waals surface area contributed by atoms with Crippen LogP contribution in [-0.4, -0.2) is 182 Å². The summed E-state index contributed by atoms with van der Waals surface area (Å²) in [5.74, 6) is -4.01. The Balaban J connectivity index is -0.00000181. The molecule has 0 rings (SSSR count). The Morgan fingerprint density at radius 3 is 0.733 bits per heavy atom. The van der Waals surface area contributed by atoms with Gasteiger partial charge in [0.2, 0.25) is 0 Å². The molecule has 0 radical (unpaired) electrons. The molecule has 0 saturated carbocycles. The minimum Gasteiger partial charge on any atom is -0.478 e. The average molecular weight is 867 g/mol. The lowest BCUT2D eigenvalue weighted by atomic mass is 9.89. The van der Waals surface area contributed by atoms with Crippen LogP contribution >= 0.6 is 0 Å². The molecule has 0 amide bonds. The van der Waals surface area contributed by atoms with Gasteiger partial charge in [-0.1, -0.05) is 32.9 Å². The minimum atomic E-state index is -1.48. The summed E-state index contributed by atoms with van der Waals surface area (Å²) in [6.45, 7) is 16.9. The largest absolute Gasteiger partial charge is 0.478 e. The van der Waals surface area contributed by atoms with E-state index >= 15 is 0 Å². The molecule has 0 unspecified atom stereocenters. The number of aliphatic hydroxyl groups excluding tert-OH is 8. The molecule has 0 bridgehead atoms. The van der Waals surface area contributed by atoms with E-state index in [-0.39, 0.29) is 47.7 Å². The lowest BCUT2D eigenvalue weighted by Crippen LogP contribution is -2.47. The van der Waals surface area contributed by atoms with Crippen molar-refractivity contribution in [2.24, 2.45) is 21.7 Å². The maximum absolute atomic E-state index is 12.3. The van der Waals surface area contributed by atoms with Crippen LogP contribution in [0.5, 0.6) is 0 Å². The standard InChI is InChI=1S/C31H48O14.C5H12O4.C4H6O2/c1-21(2)25(36)42-17-30(12-35,18-43-26(37)22(3)4)14-41-16-31(19-44-27(38)23(5)6,20-45-28(39)24(7)8)15-40-13-29(9-32,10-33)11-34;6-1-5(2-7,3-8)4-9;1-3(2)4(5)6/h32-35H,1,3,5,7,9-20H2,2,4,6,8H3;6-9H,1-4H2;1H2,2H3,(H,5,6). The smallest absolute Gasteiger partial charge is 0.333 e. The number of carbonyl (C=O) groups is 5. The minimum absolute atomic E-state index is 0.0717. The van der Waals surface area contributed by atoms with Gasteiger partial charge in [0, 0.05) is 27.9 Å². The highest BCUT2D eigenvalue weighted by atomic mass is 16.6. The van der Waals surface area contributed by atoms with Crippen LogP contribution in [0.25, 0.3) is 0 Å². The van der Waals surface area contributed by atoms with Gasteiger partial charge in [-0.25, -0.2) is 24.0 Å². The third-order valence-electron chi connectivity index (χ3n) is 8.11. The molecular formula is C40H66O20. The topological polar surface area (TPSA) is 323 Å². The molecule has 0 aliphatic rings. The van der Waals surface area contributed by atoms with Gasteiger partial charge in [0.25, 0.3) is 0 Å². The number of hydrogen-bond donors (Lipinski definition) is 9. The van der Waals surface area contributed by atoms with Crippen molar-refractivity contribution in [1.29, 1.82) is 0 Å². The molecule has 20 heteroatoms. The summed E-state index contributed by atoms with van der Waals surface area (Å²) < 4.78 is 32.9. The van der Waals surface area contributed by atoms with E-state index in [1.54, 1.807) is 0 Å². The van der Waals surface area contributed by atoms with E-state index in [1.807, 2.05) is 0 Å². The molecule has 60 heavy (non-hydrogen) atoms. The zero-order valence-corrected chi connectivity index (χ0v) is 35.4. The van der Waals surface area contributed by atoms with Gasteiger partial charge in [0.1, 0.15) is 26.4 Å². The molecule has 20 nitrogen and oxygen atoms in total. The summed E-state index contributed by atoms with van der Waals surface area (Å²) in [4.78, 5) is 58.5. The molecule has 0 saturated heterocycles. The Morgan fingerprint density at radius 2 is 0.550 bits per heavy atom. The van der Waals surface area contributed by atoms with Crippen LogP contribution in [0.4, 0.5) is 0 Å². The summed E-state index contributed by atoms with van der Waals surface area (Å²) in [5.41, 5.74) is -4.97. The lowest BCUT2D eigenvalue weighted by molar-refractivity contribution is -0.168. The molecule has 0 aliphatic heterocycles. The highest BCUT2D eigenvalue weighted by Crippen LogP contribution is 2.27. The van der Waals surface area contributed by atoms with Crippen LogP contribution in [0.1, 0.15) is 34.6 Å². The lowest BCUT2D eigenvalue weighted by Gasteiger charge is -2.36. The number of rotatable bonds is 29. The van der Waals surface area contributed by atoms with Crippen LogP contribution in [0.3, 0.4) is 0 Å². The van der Waals surface area contributed by atoms with Crippen LogP contribution in [-0.2, 0) is 52.4 Å². The Bertz CT molecular complexity index is 1330. The Kier molecular flexibility index (Phi) is 30.6. The van der Waals surface area contributed by atoms with Crippen molar-refractivity contribution in [2.45, 2.75) is 34.6 Å². The average Bonchev–Trinajstić information content (AvgIpc) is 3.22. The van der Waals surface area contributed by atoms with Gasteiger partial charge in [-0.3, -0.25) is 0 Å². The second kappa shape index (κ2) is 30.6. The first kappa shape index (κ1) is 60.0. The van der Waals surface area contributed by atoms with Gasteiger partial charge in [-0.2, -0.15) is 0 Å². The zero-order chi connectivity index (χ0) is 47.3. The Morgan fingerprint density at radius 1 is 0.350 bits per heavy atom. The molecule has 9 N–H and O–H groups in total. The van der Waals surface area contributed by atoms with Gasteiger partial charge in [-0.05, 0) is 34.6 Å². The van der Waals surface area contributed by atoms with Crippen molar-refractivity contribution in [1.82, 2.24) is 0 Å². The van der Waals surface area contributed by atoms with Crippen molar-refractivity contribution < 1.29 is 98.4 Å². The van der Waals surface area contributed by atoms with E-state index < -0.39 is 137 Å². The number of ether oxygens (including phenoxy) is 6. The summed E-state index contributed by atoms with van der Waals surface area (Å²) in [6.07, 6.45) is 0. The maximum atomic E-state index is 12.3. The number of hydrogen-bond acceptors (Lipinski definition) is 19. The second-order valence-electron chi connectivity index (χ2n) is 14.8.